The van der Waals surface area contributed by atoms with Gasteiger partial charge in [0.2, 0.25) is 5.91 Å². The number of hydrogen-bond donors (Lipinski definition) is 2. The van der Waals surface area contributed by atoms with Gasteiger partial charge in [-0.3, -0.25) is 4.79 Å². The molecule has 1 aromatic rings. The number of aromatic nitrogens is 2. The second kappa shape index (κ2) is 5.72. The second-order valence-electron chi connectivity index (χ2n) is 5.30. The van der Waals surface area contributed by atoms with E-state index in [2.05, 4.69) is 36.3 Å². The van der Waals surface area contributed by atoms with Gasteiger partial charge in [-0.25, -0.2) is 0 Å². The van der Waals surface area contributed by atoms with Gasteiger partial charge < -0.3 is 11.1 Å². The Kier molecular flexibility index (Phi) is 4.57. The Morgan fingerprint density at radius 1 is 1.53 bits per heavy atom. The molecule has 1 unspecified atom stereocenters. The molecule has 0 aliphatic rings. The smallest absolute Gasteiger partial charge is 0.229 e. The third-order valence-corrected chi connectivity index (χ3v) is 2.34. The monoisotopic (exact) mass is 236 g/mol. The zero-order chi connectivity index (χ0) is 12.9. The van der Waals surface area contributed by atoms with Crippen molar-refractivity contribution in [3.05, 3.63) is 18.3 Å². The van der Waals surface area contributed by atoms with Gasteiger partial charge in [0.25, 0.3) is 0 Å². The Labute approximate surface area is 102 Å². The van der Waals surface area contributed by atoms with Crippen molar-refractivity contribution in [2.45, 2.75) is 27.2 Å². The van der Waals surface area contributed by atoms with Crippen molar-refractivity contribution in [2.24, 2.45) is 17.1 Å². The largest absolute Gasteiger partial charge is 0.330 e. The van der Waals surface area contributed by atoms with Gasteiger partial charge in [0, 0.05) is 12.7 Å². The summed E-state index contributed by atoms with van der Waals surface area (Å²) in [5, 5.41) is 10.2. The quantitative estimate of drug-likeness (QED) is 0.828. The van der Waals surface area contributed by atoms with E-state index in [0.717, 1.165) is 6.42 Å². The van der Waals surface area contributed by atoms with Crippen LogP contribution in [0.5, 0.6) is 0 Å². The van der Waals surface area contributed by atoms with Crippen LogP contribution in [-0.4, -0.2) is 22.6 Å². The molecular formula is C12H20N4O. The first-order valence-electron chi connectivity index (χ1n) is 5.71. The van der Waals surface area contributed by atoms with E-state index in [0.29, 0.717) is 12.4 Å². The maximum Gasteiger partial charge on any atom is 0.229 e. The van der Waals surface area contributed by atoms with Gasteiger partial charge in [0.05, 0.1) is 5.92 Å². The molecule has 3 N–H and O–H groups in total. The van der Waals surface area contributed by atoms with Gasteiger partial charge >= 0.3 is 0 Å². The van der Waals surface area contributed by atoms with Crippen LogP contribution in [0, 0.1) is 11.3 Å². The predicted molar refractivity (Wildman–Crippen MR) is 67.3 cm³/mol. The van der Waals surface area contributed by atoms with Crippen molar-refractivity contribution in [1.82, 2.24) is 10.2 Å². The lowest BCUT2D eigenvalue weighted by atomic mass is 9.84. The minimum atomic E-state index is -0.197. The molecule has 5 heteroatoms. The predicted octanol–water partition coefficient (Wildman–Crippen LogP) is 1.43. The second-order valence-corrected chi connectivity index (χ2v) is 5.30. The maximum atomic E-state index is 12.0. The fourth-order valence-electron chi connectivity index (χ4n) is 1.62. The first-order chi connectivity index (χ1) is 7.92. The van der Waals surface area contributed by atoms with E-state index in [-0.39, 0.29) is 17.2 Å². The summed E-state index contributed by atoms with van der Waals surface area (Å²) in [6.07, 6.45) is 2.31. The lowest BCUT2D eigenvalue weighted by Crippen LogP contribution is -2.32. The SMILES string of the molecule is CC(C)(C)CC(CN)C(=O)Nc1cccnn1. The van der Waals surface area contributed by atoms with E-state index >= 15 is 0 Å². The zero-order valence-corrected chi connectivity index (χ0v) is 10.6. The van der Waals surface area contributed by atoms with E-state index in [1.54, 1.807) is 18.3 Å². The van der Waals surface area contributed by atoms with E-state index < -0.39 is 0 Å². The van der Waals surface area contributed by atoms with Crippen LogP contribution < -0.4 is 11.1 Å². The molecule has 1 rings (SSSR count). The summed E-state index contributed by atoms with van der Waals surface area (Å²) >= 11 is 0. The summed E-state index contributed by atoms with van der Waals surface area (Å²) in [6.45, 7) is 6.60. The minimum Gasteiger partial charge on any atom is -0.330 e. The molecule has 1 heterocycles. The average molecular weight is 236 g/mol. The van der Waals surface area contributed by atoms with Crippen LogP contribution in [0.25, 0.3) is 0 Å². The van der Waals surface area contributed by atoms with Crippen molar-refractivity contribution in [1.29, 1.82) is 0 Å². The van der Waals surface area contributed by atoms with Gasteiger partial charge in [-0.2, -0.15) is 5.10 Å². The number of nitrogens with one attached hydrogen (secondary N) is 1. The molecular weight excluding hydrogens is 216 g/mol. The fraction of sp³-hybridized carbons (Fsp3) is 0.583. The van der Waals surface area contributed by atoms with Crippen LogP contribution >= 0.6 is 0 Å². The van der Waals surface area contributed by atoms with Gasteiger partial charge in [0.1, 0.15) is 0 Å². The van der Waals surface area contributed by atoms with E-state index in [1.807, 2.05) is 0 Å². The molecule has 1 atom stereocenters. The number of hydrogen-bond acceptors (Lipinski definition) is 4. The lowest BCUT2D eigenvalue weighted by molar-refractivity contribution is -0.120. The third kappa shape index (κ3) is 4.91. The van der Waals surface area contributed by atoms with Crippen LogP contribution in [-0.2, 0) is 4.79 Å². The molecule has 1 aromatic heterocycles. The number of nitrogens with zero attached hydrogens (tertiary/aromatic N) is 2. The topological polar surface area (TPSA) is 80.9 Å². The minimum absolute atomic E-state index is 0.0732. The molecule has 1 amide bonds. The fourth-order valence-corrected chi connectivity index (χ4v) is 1.62. The van der Waals surface area contributed by atoms with Crippen LogP contribution in [0.15, 0.2) is 18.3 Å². The number of rotatable bonds is 4. The molecule has 5 nitrogen and oxygen atoms in total. The Balaban J connectivity index is 2.62. The Morgan fingerprint density at radius 2 is 2.24 bits per heavy atom. The summed E-state index contributed by atoms with van der Waals surface area (Å²) < 4.78 is 0. The summed E-state index contributed by atoms with van der Waals surface area (Å²) in [4.78, 5) is 12.0. The Hall–Kier alpha value is -1.49. The molecule has 0 radical (unpaired) electrons. The first-order valence-corrected chi connectivity index (χ1v) is 5.71. The van der Waals surface area contributed by atoms with Crippen LogP contribution in [0.1, 0.15) is 27.2 Å². The van der Waals surface area contributed by atoms with E-state index in [1.165, 1.54) is 0 Å². The van der Waals surface area contributed by atoms with Crippen LogP contribution in [0.3, 0.4) is 0 Å². The highest BCUT2D eigenvalue weighted by atomic mass is 16.2. The first kappa shape index (κ1) is 13.6. The van der Waals surface area contributed by atoms with Crippen molar-refractivity contribution >= 4 is 11.7 Å². The normalized spacial score (nSPS) is 13.2. The van der Waals surface area contributed by atoms with Crippen molar-refractivity contribution in [2.75, 3.05) is 11.9 Å². The average Bonchev–Trinajstić information content (AvgIpc) is 2.26. The molecule has 0 saturated carbocycles. The van der Waals surface area contributed by atoms with Crippen LogP contribution in [0.2, 0.25) is 0 Å². The number of nitrogens with two attached hydrogens (primary N) is 1. The third-order valence-electron chi connectivity index (χ3n) is 2.34. The molecule has 0 spiro atoms. The van der Waals surface area contributed by atoms with Gasteiger partial charge in [-0.05, 0) is 24.0 Å². The molecule has 0 aliphatic carbocycles. The summed E-state index contributed by atoms with van der Waals surface area (Å²) in [6, 6.07) is 3.43. The molecule has 0 aliphatic heterocycles. The van der Waals surface area contributed by atoms with Gasteiger partial charge in [0.15, 0.2) is 5.82 Å². The highest BCUT2D eigenvalue weighted by molar-refractivity contribution is 5.91. The lowest BCUT2D eigenvalue weighted by Gasteiger charge is -2.24. The van der Waals surface area contributed by atoms with Crippen molar-refractivity contribution in [3.63, 3.8) is 0 Å². The van der Waals surface area contributed by atoms with Crippen LogP contribution in [0.4, 0.5) is 5.82 Å². The van der Waals surface area contributed by atoms with Crippen molar-refractivity contribution in [3.8, 4) is 0 Å². The Bertz CT molecular complexity index is 359. The highest BCUT2D eigenvalue weighted by Gasteiger charge is 2.23. The number of amides is 1. The summed E-state index contributed by atoms with van der Waals surface area (Å²) in [5.74, 6) is 0.171. The number of carbonyl (C=O) groups is 1. The standard InChI is InChI=1S/C12H20N4O/c1-12(2,3)7-9(8-13)11(17)15-10-5-4-6-14-16-10/h4-6,9H,7-8,13H2,1-3H3,(H,15,16,17). The number of anilines is 1. The Morgan fingerprint density at radius 3 is 2.71 bits per heavy atom. The van der Waals surface area contributed by atoms with Crippen molar-refractivity contribution < 1.29 is 4.79 Å². The molecule has 0 bridgehead atoms. The zero-order valence-electron chi connectivity index (χ0n) is 10.6. The molecule has 0 fully saturated rings. The highest BCUT2D eigenvalue weighted by Crippen LogP contribution is 2.24. The molecule has 17 heavy (non-hydrogen) atoms. The van der Waals surface area contributed by atoms with E-state index in [9.17, 15) is 4.79 Å². The molecule has 94 valence electrons. The summed E-state index contributed by atoms with van der Waals surface area (Å²) in [7, 11) is 0. The van der Waals surface area contributed by atoms with E-state index in [4.69, 9.17) is 5.73 Å². The maximum absolute atomic E-state index is 12.0. The molecule has 0 saturated heterocycles. The summed E-state index contributed by atoms with van der Waals surface area (Å²) in [5.41, 5.74) is 5.71. The van der Waals surface area contributed by atoms with Gasteiger partial charge in [-0.15, -0.1) is 5.10 Å². The van der Waals surface area contributed by atoms with Gasteiger partial charge in [-0.1, -0.05) is 20.8 Å². The molecule has 0 aromatic carbocycles. The number of carbonyl (C=O) groups excluding carboxylic acids is 1.